The van der Waals surface area contributed by atoms with Crippen molar-refractivity contribution in [3.63, 3.8) is 0 Å². The molecule has 1 aromatic rings. The standard InChI is InChI=1S/C16H20F3N3O/c1-20-8-9-21(10-12-4-2-3-5-13(12)20)14-6-7-22(15(14)23)11-16(17,18)19/h2-5,14H,6-11H2,1H3. The second kappa shape index (κ2) is 6.03. The number of fused-ring (bicyclic) bond motifs is 1. The lowest BCUT2D eigenvalue weighted by atomic mass is 10.1. The molecule has 7 heteroatoms. The summed E-state index contributed by atoms with van der Waals surface area (Å²) in [6.45, 7) is 1.04. The molecule has 1 atom stereocenters. The van der Waals surface area contributed by atoms with Crippen LogP contribution >= 0.6 is 0 Å². The number of amides is 1. The van der Waals surface area contributed by atoms with Crippen LogP contribution in [0.5, 0.6) is 0 Å². The number of benzene rings is 1. The number of carbonyl (C=O) groups excluding carboxylic acids is 1. The van der Waals surface area contributed by atoms with Crippen LogP contribution in [0, 0.1) is 0 Å². The molecule has 0 N–H and O–H groups in total. The number of nitrogens with zero attached hydrogens (tertiary/aromatic N) is 3. The lowest BCUT2D eigenvalue weighted by Gasteiger charge is -2.26. The number of alkyl halides is 3. The van der Waals surface area contributed by atoms with Crippen molar-refractivity contribution in [3.05, 3.63) is 29.8 Å². The fraction of sp³-hybridized carbons (Fsp3) is 0.562. The molecular formula is C16H20F3N3O. The van der Waals surface area contributed by atoms with Gasteiger partial charge in [-0.1, -0.05) is 18.2 Å². The third-order valence-corrected chi connectivity index (χ3v) is 4.58. The molecule has 4 nitrogen and oxygen atoms in total. The van der Waals surface area contributed by atoms with Gasteiger partial charge in [0.25, 0.3) is 0 Å². The first-order valence-corrected chi connectivity index (χ1v) is 7.74. The van der Waals surface area contributed by atoms with Crippen LogP contribution in [0.3, 0.4) is 0 Å². The van der Waals surface area contributed by atoms with Gasteiger partial charge >= 0.3 is 6.18 Å². The van der Waals surface area contributed by atoms with Crippen LogP contribution < -0.4 is 4.90 Å². The third-order valence-electron chi connectivity index (χ3n) is 4.58. The maximum absolute atomic E-state index is 12.5. The van der Waals surface area contributed by atoms with Gasteiger partial charge in [0.2, 0.25) is 5.91 Å². The highest BCUT2D eigenvalue weighted by molar-refractivity contribution is 5.84. The molecule has 0 aromatic heterocycles. The van der Waals surface area contributed by atoms with Gasteiger partial charge in [0.1, 0.15) is 6.54 Å². The first-order chi connectivity index (χ1) is 10.8. The Morgan fingerprint density at radius 2 is 1.91 bits per heavy atom. The summed E-state index contributed by atoms with van der Waals surface area (Å²) < 4.78 is 37.6. The van der Waals surface area contributed by atoms with Gasteiger partial charge in [-0.3, -0.25) is 9.69 Å². The lowest BCUT2D eigenvalue weighted by molar-refractivity contribution is -0.159. The van der Waals surface area contributed by atoms with Gasteiger partial charge < -0.3 is 9.80 Å². The molecule has 0 saturated carbocycles. The number of hydrogen-bond acceptors (Lipinski definition) is 3. The van der Waals surface area contributed by atoms with E-state index in [-0.39, 0.29) is 6.54 Å². The van der Waals surface area contributed by atoms with Crippen molar-refractivity contribution in [1.29, 1.82) is 0 Å². The minimum absolute atomic E-state index is 0.178. The highest BCUT2D eigenvalue weighted by atomic mass is 19.4. The predicted octanol–water partition coefficient (Wildman–Crippen LogP) is 2.10. The van der Waals surface area contributed by atoms with Crippen molar-refractivity contribution >= 4 is 11.6 Å². The SMILES string of the molecule is CN1CCN(C2CCN(CC(F)(F)F)C2=O)Cc2ccccc21. The van der Waals surface area contributed by atoms with E-state index in [1.54, 1.807) is 0 Å². The van der Waals surface area contributed by atoms with Crippen molar-refractivity contribution in [2.45, 2.75) is 25.2 Å². The van der Waals surface area contributed by atoms with Gasteiger partial charge in [-0.2, -0.15) is 13.2 Å². The van der Waals surface area contributed by atoms with Crippen molar-refractivity contribution in [2.24, 2.45) is 0 Å². The fourth-order valence-corrected chi connectivity index (χ4v) is 3.41. The molecule has 2 aliphatic heterocycles. The van der Waals surface area contributed by atoms with Gasteiger partial charge in [-0.05, 0) is 18.1 Å². The number of anilines is 1. The van der Waals surface area contributed by atoms with Crippen molar-refractivity contribution in [2.75, 3.05) is 38.1 Å². The second-order valence-corrected chi connectivity index (χ2v) is 6.20. The number of likely N-dealkylation sites (tertiary alicyclic amines) is 1. The van der Waals surface area contributed by atoms with Gasteiger partial charge in [0.05, 0.1) is 6.04 Å². The summed E-state index contributed by atoms with van der Waals surface area (Å²) in [5.41, 5.74) is 2.22. The minimum Gasteiger partial charge on any atom is -0.373 e. The van der Waals surface area contributed by atoms with Crippen molar-refractivity contribution in [3.8, 4) is 0 Å². The molecule has 1 amide bonds. The Labute approximate surface area is 133 Å². The smallest absolute Gasteiger partial charge is 0.373 e. The van der Waals surface area contributed by atoms with E-state index in [0.717, 1.165) is 22.7 Å². The molecule has 1 unspecified atom stereocenters. The van der Waals surface area contributed by atoms with E-state index < -0.39 is 24.7 Å². The summed E-state index contributed by atoms with van der Waals surface area (Å²) in [6, 6.07) is 7.51. The maximum Gasteiger partial charge on any atom is 0.406 e. The average molecular weight is 327 g/mol. The number of likely N-dealkylation sites (N-methyl/N-ethyl adjacent to an activating group) is 1. The molecule has 0 bridgehead atoms. The van der Waals surface area contributed by atoms with Crippen LogP contribution in [0.25, 0.3) is 0 Å². The molecule has 2 aliphatic rings. The Kier molecular flexibility index (Phi) is 4.23. The highest BCUT2D eigenvalue weighted by Crippen LogP contribution is 2.28. The van der Waals surface area contributed by atoms with Crippen molar-refractivity contribution in [1.82, 2.24) is 9.80 Å². The van der Waals surface area contributed by atoms with E-state index in [4.69, 9.17) is 0 Å². The van der Waals surface area contributed by atoms with E-state index in [0.29, 0.717) is 19.5 Å². The highest BCUT2D eigenvalue weighted by Gasteiger charge is 2.41. The maximum atomic E-state index is 12.5. The zero-order chi connectivity index (χ0) is 16.6. The number of para-hydroxylation sites is 1. The summed E-state index contributed by atoms with van der Waals surface area (Å²) in [6.07, 6.45) is -3.88. The summed E-state index contributed by atoms with van der Waals surface area (Å²) >= 11 is 0. The summed E-state index contributed by atoms with van der Waals surface area (Å²) in [7, 11) is 1.99. The van der Waals surface area contributed by atoms with Crippen LogP contribution in [-0.4, -0.2) is 61.2 Å². The van der Waals surface area contributed by atoms with Crippen LogP contribution in [0.4, 0.5) is 18.9 Å². The molecule has 2 heterocycles. The minimum atomic E-state index is -4.34. The van der Waals surface area contributed by atoms with Crippen LogP contribution in [0.2, 0.25) is 0 Å². The molecule has 126 valence electrons. The van der Waals surface area contributed by atoms with E-state index in [9.17, 15) is 18.0 Å². The normalized spacial score (nSPS) is 23.1. The number of halogens is 3. The van der Waals surface area contributed by atoms with E-state index in [1.165, 1.54) is 0 Å². The average Bonchev–Trinajstić information content (AvgIpc) is 2.73. The number of hydrogen-bond donors (Lipinski definition) is 0. The Morgan fingerprint density at radius 3 is 2.65 bits per heavy atom. The summed E-state index contributed by atoms with van der Waals surface area (Å²) in [5.74, 6) is -0.399. The van der Waals surface area contributed by atoms with Crippen LogP contribution in [-0.2, 0) is 11.3 Å². The third kappa shape index (κ3) is 3.44. The molecule has 1 aromatic carbocycles. The van der Waals surface area contributed by atoms with Crippen LogP contribution in [0.1, 0.15) is 12.0 Å². The summed E-state index contributed by atoms with van der Waals surface area (Å²) in [5, 5.41) is 0. The quantitative estimate of drug-likeness (QED) is 0.832. The molecular weight excluding hydrogens is 307 g/mol. The molecule has 23 heavy (non-hydrogen) atoms. The monoisotopic (exact) mass is 327 g/mol. The summed E-state index contributed by atoms with van der Waals surface area (Å²) in [4.78, 5) is 17.4. The van der Waals surface area contributed by atoms with E-state index in [2.05, 4.69) is 4.90 Å². The Hall–Kier alpha value is -1.76. The Balaban J connectivity index is 1.74. The van der Waals surface area contributed by atoms with Crippen molar-refractivity contribution < 1.29 is 18.0 Å². The number of carbonyl (C=O) groups is 1. The largest absolute Gasteiger partial charge is 0.406 e. The predicted molar refractivity (Wildman–Crippen MR) is 81.2 cm³/mol. The molecule has 3 rings (SSSR count). The Morgan fingerprint density at radius 1 is 1.17 bits per heavy atom. The molecule has 0 radical (unpaired) electrons. The van der Waals surface area contributed by atoms with Crippen LogP contribution in [0.15, 0.2) is 24.3 Å². The first kappa shape index (κ1) is 16.1. The van der Waals surface area contributed by atoms with Gasteiger partial charge in [0, 0.05) is 38.9 Å². The topological polar surface area (TPSA) is 26.8 Å². The van der Waals surface area contributed by atoms with E-state index in [1.807, 2.05) is 36.2 Å². The lowest BCUT2D eigenvalue weighted by Crippen LogP contribution is -2.44. The fourth-order valence-electron chi connectivity index (χ4n) is 3.41. The van der Waals surface area contributed by atoms with Gasteiger partial charge in [0.15, 0.2) is 0 Å². The zero-order valence-corrected chi connectivity index (χ0v) is 13.0. The van der Waals surface area contributed by atoms with Gasteiger partial charge in [-0.15, -0.1) is 0 Å². The molecule has 0 aliphatic carbocycles. The number of rotatable bonds is 2. The Bertz CT molecular complexity index is 590. The molecule has 0 spiro atoms. The molecule has 1 fully saturated rings. The first-order valence-electron chi connectivity index (χ1n) is 7.74. The second-order valence-electron chi connectivity index (χ2n) is 6.20. The van der Waals surface area contributed by atoms with E-state index >= 15 is 0 Å². The van der Waals surface area contributed by atoms with Gasteiger partial charge in [-0.25, -0.2) is 0 Å². The zero-order valence-electron chi connectivity index (χ0n) is 13.0. The molecule has 1 saturated heterocycles.